The van der Waals surface area contributed by atoms with Crippen molar-refractivity contribution in [3.05, 3.63) is 36.4 Å². The Bertz CT molecular complexity index is 1010. The molecule has 0 saturated carbocycles. The number of anilines is 2. The summed E-state index contributed by atoms with van der Waals surface area (Å²) in [4.78, 5) is 13.9. The molecular weight excluding hydrogens is 396 g/mol. The third-order valence-corrected chi connectivity index (χ3v) is 6.09. The molecule has 9 heteroatoms. The number of methoxy groups -OCH3 is 3. The minimum atomic E-state index is -3.87. The molecule has 1 amide bonds. The van der Waals surface area contributed by atoms with Crippen LogP contribution in [-0.2, 0) is 14.8 Å². The van der Waals surface area contributed by atoms with Crippen LogP contribution < -0.4 is 23.8 Å². The Kier molecular flexibility index (Phi) is 6.17. The zero-order valence-electron chi connectivity index (χ0n) is 16.6. The van der Waals surface area contributed by atoms with Crippen LogP contribution in [0.2, 0.25) is 0 Å². The number of amides is 1. The molecule has 2 aromatic rings. The van der Waals surface area contributed by atoms with E-state index in [2.05, 4.69) is 4.72 Å². The lowest BCUT2D eigenvalue weighted by Gasteiger charge is -2.28. The van der Waals surface area contributed by atoms with Gasteiger partial charge in [0.25, 0.3) is 10.0 Å². The van der Waals surface area contributed by atoms with Gasteiger partial charge in [-0.1, -0.05) is 0 Å². The van der Waals surface area contributed by atoms with E-state index < -0.39 is 10.0 Å². The van der Waals surface area contributed by atoms with Crippen molar-refractivity contribution in [1.29, 1.82) is 0 Å². The van der Waals surface area contributed by atoms with Crippen molar-refractivity contribution in [1.82, 2.24) is 0 Å². The second-order valence-corrected chi connectivity index (χ2v) is 8.19. The molecule has 8 nitrogen and oxygen atoms in total. The van der Waals surface area contributed by atoms with Gasteiger partial charge in [0.2, 0.25) is 5.91 Å². The van der Waals surface area contributed by atoms with Crippen molar-refractivity contribution in [2.45, 2.75) is 24.2 Å². The maximum absolute atomic E-state index is 12.8. The molecule has 0 spiro atoms. The molecule has 1 aliphatic rings. The van der Waals surface area contributed by atoms with Crippen LogP contribution in [0.1, 0.15) is 19.3 Å². The number of nitrogens with one attached hydrogen (secondary N) is 1. The maximum Gasteiger partial charge on any atom is 0.262 e. The van der Waals surface area contributed by atoms with Gasteiger partial charge in [0.05, 0.1) is 37.6 Å². The summed E-state index contributed by atoms with van der Waals surface area (Å²) in [6.07, 6.45) is 2.29. The summed E-state index contributed by atoms with van der Waals surface area (Å²) in [6.45, 7) is 0.617. The average molecular weight is 420 g/mol. The molecule has 29 heavy (non-hydrogen) atoms. The Balaban J connectivity index is 1.88. The molecule has 1 saturated heterocycles. The van der Waals surface area contributed by atoms with Gasteiger partial charge in [-0.15, -0.1) is 0 Å². The summed E-state index contributed by atoms with van der Waals surface area (Å²) in [6, 6.07) is 9.21. The monoisotopic (exact) mass is 420 g/mol. The highest BCUT2D eigenvalue weighted by Crippen LogP contribution is 2.35. The van der Waals surface area contributed by atoms with Crippen molar-refractivity contribution < 1.29 is 27.4 Å². The Labute approximate surface area is 170 Å². The number of nitrogens with zero attached hydrogens (tertiary/aromatic N) is 1. The summed E-state index contributed by atoms with van der Waals surface area (Å²) < 4.78 is 43.9. The second-order valence-electron chi connectivity index (χ2n) is 6.51. The summed E-state index contributed by atoms with van der Waals surface area (Å²) in [7, 11) is 0.535. The molecule has 2 aromatic carbocycles. The third-order valence-electron chi connectivity index (χ3n) is 4.71. The van der Waals surface area contributed by atoms with Crippen LogP contribution >= 0.6 is 0 Å². The molecule has 3 rings (SSSR count). The van der Waals surface area contributed by atoms with Crippen molar-refractivity contribution in [2.75, 3.05) is 37.5 Å². The topological polar surface area (TPSA) is 94.2 Å². The van der Waals surface area contributed by atoms with Crippen LogP contribution in [0.4, 0.5) is 11.4 Å². The standard InChI is InChI=1S/C20H24N2O6S/c1-26-17-10-8-15(13-19(17)28-3)29(24,25)21-14-7-9-16(18(12-14)27-2)22-11-5-4-6-20(22)23/h7-10,12-13,21H,4-6,11H2,1-3H3. The zero-order chi connectivity index (χ0) is 21.0. The van der Waals surface area contributed by atoms with E-state index in [4.69, 9.17) is 14.2 Å². The summed E-state index contributed by atoms with van der Waals surface area (Å²) >= 11 is 0. The molecule has 1 fully saturated rings. The Morgan fingerprint density at radius 3 is 2.28 bits per heavy atom. The van der Waals surface area contributed by atoms with E-state index in [1.807, 2.05) is 0 Å². The summed E-state index contributed by atoms with van der Waals surface area (Å²) in [5, 5.41) is 0. The zero-order valence-corrected chi connectivity index (χ0v) is 17.4. The number of hydrogen-bond acceptors (Lipinski definition) is 6. The lowest BCUT2D eigenvalue weighted by Crippen LogP contribution is -2.35. The number of benzene rings is 2. The summed E-state index contributed by atoms with van der Waals surface area (Å²) in [5.74, 6) is 1.21. The predicted molar refractivity (Wildman–Crippen MR) is 110 cm³/mol. The van der Waals surface area contributed by atoms with E-state index in [9.17, 15) is 13.2 Å². The van der Waals surface area contributed by atoms with E-state index in [1.165, 1.54) is 39.5 Å². The largest absolute Gasteiger partial charge is 0.494 e. The number of sulfonamides is 1. The average Bonchev–Trinajstić information content (AvgIpc) is 2.73. The first-order valence-corrected chi connectivity index (χ1v) is 10.6. The van der Waals surface area contributed by atoms with Gasteiger partial charge in [0, 0.05) is 25.1 Å². The van der Waals surface area contributed by atoms with Crippen LogP contribution in [0.3, 0.4) is 0 Å². The first-order chi connectivity index (χ1) is 13.9. The van der Waals surface area contributed by atoms with E-state index in [-0.39, 0.29) is 10.8 Å². The third kappa shape index (κ3) is 4.40. The number of rotatable bonds is 7. The van der Waals surface area contributed by atoms with Gasteiger partial charge < -0.3 is 19.1 Å². The van der Waals surface area contributed by atoms with Gasteiger partial charge in [-0.2, -0.15) is 0 Å². The van der Waals surface area contributed by atoms with Gasteiger partial charge in [0.15, 0.2) is 11.5 Å². The quantitative estimate of drug-likeness (QED) is 0.740. The number of carbonyl (C=O) groups is 1. The van der Waals surface area contributed by atoms with Crippen LogP contribution in [0.15, 0.2) is 41.3 Å². The molecule has 1 heterocycles. The Morgan fingerprint density at radius 1 is 0.897 bits per heavy atom. The predicted octanol–water partition coefficient (Wildman–Crippen LogP) is 3.03. The SMILES string of the molecule is COc1ccc(S(=O)(=O)Nc2ccc(N3CCCCC3=O)c(OC)c2)cc1OC. The van der Waals surface area contributed by atoms with Gasteiger partial charge in [-0.3, -0.25) is 9.52 Å². The van der Waals surface area contributed by atoms with E-state index in [0.717, 1.165) is 12.8 Å². The minimum absolute atomic E-state index is 0.0319. The van der Waals surface area contributed by atoms with Crippen LogP contribution in [0.5, 0.6) is 17.2 Å². The van der Waals surface area contributed by atoms with Gasteiger partial charge in [0.1, 0.15) is 5.75 Å². The fraction of sp³-hybridized carbons (Fsp3) is 0.350. The van der Waals surface area contributed by atoms with Gasteiger partial charge in [-0.25, -0.2) is 8.42 Å². The molecule has 156 valence electrons. The molecule has 1 aliphatic heterocycles. The molecule has 0 atom stereocenters. The van der Waals surface area contributed by atoms with Crippen molar-refractivity contribution >= 4 is 27.3 Å². The molecule has 1 N–H and O–H groups in total. The Hall–Kier alpha value is -2.94. The number of piperidine rings is 1. The highest BCUT2D eigenvalue weighted by atomic mass is 32.2. The molecule has 0 aromatic heterocycles. The Morgan fingerprint density at radius 2 is 1.62 bits per heavy atom. The van der Waals surface area contributed by atoms with Gasteiger partial charge in [-0.05, 0) is 37.1 Å². The van der Waals surface area contributed by atoms with E-state index in [0.29, 0.717) is 41.6 Å². The fourth-order valence-corrected chi connectivity index (χ4v) is 4.29. The van der Waals surface area contributed by atoms with Crippen LogP contribution in [-0.4, -0.2) is 42.2 Å². The minimum Gasteiger partial charge on any atom is -0.494 e. The highest BCUT2D eigenvalue weighted by Gasteiger charge is 2.23. The lowest BCUT2D eigenvalue weighted by molar-refractivity contribution is -0.119. The van der Waals surface area contributed by atoms with E-state index in [1.54, 1.807) is 23.1 Å². The highest BCUT2D eigenvalue weighted by molar-refractivity contribution is 7.92. The smallest absolute Gasteiger partial charge is 0.262 e. The first-order valence-electron chi connectivity index (χ1n) is 9.13. The van der Waals surface area contributed by atoms with Crippen molar-refractivity contribution in [3.8, 4) is 17.2 Å². The van der Waals surface area contributed by atoms with Crippen LogP contribution in [0.25, 0.3) is 0 Å². The fourth-order valence-electron chi connectivity index (χ4n) is 3.22. The van der Waals surface area contributed by atoms with Crippen LogP contribution in [0, 0.1) is 0 Å². The molecule has 0 aliphatic carbocycles. The number of ether oxygens (including phenoxy) is 3. The second kappa shape index (κ2) is 8.60. The number of hydrogen-bond donors (Lipinski definition) is 1. The van der Waals surface area contributed by atoms with E-state index >= 15 is 0 Å². The molecule has 0 unspecified atom stereocenters. The number of carbonyl (C=O) groups excluding carboxylic acids is 1. The molecule has 0 radical (unpaired) electrons. The summed E-state index contributed by atoms with van der Waals surface area (Å²) in [5.41, 5.74) is 0.955. The normalized spacial score (nSPS) is 14.4. The van der Waals surface area contributed by atoms with Gasteiger partial charge >= 0.3 is 0 Å². The van der Waals surface area contributed by atoms with Crippen molar-refractivity contribution in [3.63, 3.8) is 0 Å². The molecule has 0 bridgehead atoms. The first kappa shape index (κ1) is 20.8. The molecular formula is C20H24N2O6S. The van der Waals surface area contributed by atoms with Crippen molar-refractivity contribution in [2.24, 2.45) is 0 Å². The lowest BCUT2D eigenvalue weighted by atomic mass is 10.1. The maximum atomic E-state index is 12.8.